The van der Waals surface area contributed by atoms with Crippen LogP contribution < -0.4 is 11.5 Å². The Hall–Kier alpha value is -1.43. The van der Waals surface area contributed by atoms with Crippen molar-refractivity contribution in [3.63, 3.8) is 0 Å². The molecule has 0 aliphatic rings. The number of guanidine groups is 1. The van der Waals surface area contributed by atoms with Gasteiger partial charge in [-0.1, -0.05) is 15.9 Å². The van der Waals surface area contributed by atoms with Crippen molar-refractivity contribution in [2.24, 2.45) is 21.7 Å². The highest BCUT2D eigenvalue weighted by Gasteiger charge is 1.98. The van der Waals surface area contributed by atoms with Crippen molar-refractivity contribution >= 4 is 28.1 Å². The highest BCUT2D eigenvalue weighted by atomic mass is 79.9. The SMILES string of the molecule is NC(N)=N/N=C\c1cc(Br)ccc1F. The van der Waals surface area contributed by atoms with Crippen molar-refractivity contribution in [2.45, 2.75) is 0 Å². The molecule has 0 amide bonds. The summed E-state index contributed by atoms with van der Waals surface area (Å²) in [6.07, 6.45) is 1.24. The molecule has 0 aliphatic heterocycles. The standard InChI is InChI=1S/C8H8BrFN4/c9-6-1-2-7(10)5(3-6)4-13-14-8(11)12/h1-4H,(H4,11,12,14)/b13-4-. The van der Waals surface area contributed by atoms with Gasteiger partial charge in [-0.3, -0.25) is 0 Å². The van der Waals surface area contributed by atoms with Crippen LogP contribution in [-0.4, -0.2) is 12.2 Å². The third-order valence-electron chi connectivity index (χ3n) is 1.33. The molecule has 74 valence electrons. The van der Waals surface area contributed by atoms with Crippen LogP contribution in [0.4, 0.5) is 4.39 Å². The molecular weight excluding hydrogens is 251 g/mol. The fraction of sp³-hybridized carbons (Fsp3) is 0. The fourth-order valence-corrected chi connectivity index (χ4v) is 1.15. The molecule has 0 bridgehead atoms. The molecule has 0 saturated carbocycles. The first-order valence-electron chi connectivity index (χ1n) is 3.66. The van der Waals surface area contributed by atoms with Crippen molar-refractivity contribution < 1.29 is 4.39 Å². The van der Waals surface area contributed by atoms with Crippen molar-refractivity contribution in [2.75, 3.05) is 0 Å². The largest absolute Gasteiger partial charge is 0.369 e. The van der Waals surface area contributed by atoms with Crippen molar-refractivity contribution in [1.29, 1.82) is 0 Å². The second-order valence-corrected chi connectivity index (χ2v) is 3.35. The summed E-state index contributed by atoms with van der Waals surface area (Å²) in [5, 5.41) is 6.85. The van der Waals surface area contributed by atoms with Crippen LogP contribution >= 0.6 is 15.9 Å². The van der Waals surface area contributed by atoms with Gasteiger partial charge in [-0.2, -0.15) is 5.10 Å². The second kappa shape index (κ2) is 4.71. The Bertz CT molecular complexity index is 385. The van der Waals surface area contributed by atoms with Crippen LogP contribution in [0.2, 0.25) is 0 Å². The zero-order valence-electron chi connectivity index (χ0n) is 7.11. The Morgan fingerprint density at radius 1 is 1.43 bits per heavy atom. The van der Waals surface area contributed by atoms with E-state index in [2.05, 4.69) is 26.1 Å². The Balaban J connectivity index is 2.91. The monoisotopic (exact) mass is 258 g/mol. The predicted octanol–water partition coefficient (Wildman–Crippen LogP) is 1.20. The molecule has 1 aromatic rings. The molecule has 4 nitrogen and oxygen atoms in total. The van der Waals surface area contributed by atoms with Gasteiger partial charge >= 0.3 is 0 Å². The number of rotatable bonds is 2. The number of benzene rings is 1. The number of hydrogen-bond donors (Lipinski definition) is 2. The van der Waals surface area contributed by atoms with Crippen LogP contribution in [0.1, 0.15) is 5.56 Å². The van der Waals surface area contributed by atoms with E-state index in [1.807, 2.05) is 0 Å². The van der Waals surface area contributed by atoms with E-state index < -0.39 is 0 Å². The lowest BCUT2D eigenvalue weighted by Crippen LogP contribution is -2.21. The van der Waals surface area contributed by atoms with Gasteiger partial charge in [0.2, 0.25) is 5.96 Å². The molecule has 0 atom stereocenters. The molecule has 6 heteroatoms. The Kier molecular flexibility index (Phi) is 3.58. The molecular formula is C8H8BrFN4. The number of nitrogens with zero attached hydrogens (tertiary/aromatic N) is 2. The van der Waals surface area contributed by atoms with E-state index in [1.54, 1.807) is 12.1 Å². The highest BCUT2D eigenvalue weighted by Crippen LogP contribution is 2.13. The van der Waals surface area contributed by atoms with Crippen molar-refractivity contribution in [3.8, 4) is 0 Å². The van der Waals surface area contributed by atoms with Crippen LogP contribution in [0.25, 0.3) is 0 Å². The van der Waals surface area contributed by atoms with E-state index in [0.717, 1.165) is 4.47 Å². The minimum Gasteiger partial charge on any atom is -0.369 e. The first kappa shape index (κ1) is 10.6. The first-order chi connectivity index (χ1) is 6.59. The van der Waals surface area contributed by atoms with E-state index in [0.29, 0.717) is 5.56 Å². The Labute approximate surface area is 88.6 Å². The molecule has 0 unspecified atom stereocenters. The van der Waals surface area contributed by atoms with Gasteiger partial charge < -0.3 is 11.5 Å². The number of nitrogens with two attached hydrogens (primary N) is 2. The van der Waals surface area contributed by atoms with Crippen LogP contribution in [0, 0.1) is 5.82 Å². The van der Waals surface area contributed by atoms with Crippen LogP contribution in [0.3, 0.4) is 0 Å². The molecule has 0 heterocycles. The fourth-order valence-electron chi connectivity index (χ4n) is 0.771. The van der Waals surface area contributed by atoms with Gasteiger partial charge in [0, 0.05) is 10.0 Å². The van der Waals surface area contributed by atoms with Gasteiger partial charge in [0.25, 0.3) is 0 Å². The molecule has 0 aliphatic carbocycles. The van der Waals surface area contributed by atoms with E-state index in [1.165, 1.54) is 12.3 Å². The molecule has 0 aromatic heterocycles. The normalized spacial score (nSPS) is 10.4. The maximum absolute atomic E-state index is 13.1. The van der Waals surface area contributed by atoms with Gasteiger partial charge in [-0.25, -0.2) is 4.39 Å². The smallest absolute Gasteiger partial charge is 0.211 e. The summed E-state index contributed by atoms with van der Waals surface area (Å²) in [4.78, 5) is 0. The Morgan fingerprint density at radius 2 is 2.14 bits per heavy atom. The number of hydrogen-bond acceptors (Lipinski definition) is 2. The summed E-state index contributed by atoms with van der Waals surface area (Å²) in [5.41, 5.74) is 10.4. The third-order valence-corrected chi connectivity index (χ3v) is 1.82. The molecule has 0 spiro atoms. The zero-order valence-corrected chi connectivity index (χ0v) is 8.70. The van der Waals surface area contributed by atoms with E-state index in [9.17, 15) is 4.39 Å². The first-order valence-corrected chi connectivity index (χ1v) is 4.46. The summed E-state index contributed by atoms with van der Waals surface area (Å²) >= 11 is 3.20. The summed E-state index contributed by atoms with van der Waals surface area (Å²) in [7, 11) is 0. The lowest BCUT2D eigenvalue weighted by atomic mass is 10.2. The maximum atomic E-state index is 13.1. The van der Waals surface area contributed by atoms with E-state index in [4.69, 9.17) is 11.5 Å². The molecule has 0 fully saturated rings. The summed E-state index contributed by atoms with van der Waals surface area (Å²) in [5.74, 6) is -0.556. The number of halogens is 2. The highest BCUT2D eigenvalue weighted by molar-refractivity contribution is 9.10. The summed E-state index contributed by atoms with van der Waals surface area (Å²) < 4.78 is 13.8. The van der Waals surface area contributed by atoms with Crippen molar-refractivity contribution in [1.82, 2.24) is 0 Å². The lowest BCUT2D eigenvalue weighted by Gasteiger charge is -1.95. The molecule has 1 rings (SSSR count). The minimum atomic E-state index is -0.386. The third kappa shape index (κ3) is 3.14. The minimum absolute atomic E-state index is 0.170. The predicted molar refractivity (Wildman–Crippen MR) is 57.5 cm³/mol. The summed E-state index contributed by atoms with van der Waals surface area (Å²) in [6.45, 7) is 0. The lowest BCUT2D eigenvalue weighted by molar-refractivity contribution is 0.625. The quantitative estimate of drug-likeness (QED) is 0.475. The topological polar surface area (TPSA) is 76.8 Å². The van der Waals surface area contributed by atoms with Gasteiger partial charge in [0.15, 0.2) is 0 Å². The molecule has 4 N–H and O–H groups in total. The van der Waals surface area contributed by atoms with Crippen LogP contribution in [-0.2, 0) is 0 Å². The second-order valence-electron chi connectivity index (χ2n) is 2.44. The molecule has 14 heavy (non-hydrogen) atoms. The van der Waals surface area contributed by atoms with Crippen LogP contribution in [0.15, 0.2) is 32.9 Å². The maximum Gasteiger partial charge on any atom is 0.211 e. The van der Waals surface area contributed by atoms with Gasteiger partial charge in [-0.05, 0) is 18.2 Å². The Morgan fingerprint density at radius 3 is 2.79 bits per heavy atom. The van der Waals surface area contributed by atoms with Gasteiger partial charge in [0.05, 0.1) is 6.21 Å². The average Bonchev–Trinajstić information content (AvgIpc) is 2.10. The van der Waals surface area contributed by atoms with Crippen molar-refractivity contribution in [3.05, 3.63) is 34.1 Å². The summed E-state index contributed by atoms with van der Waals surface area (Å²) in [6, 6.07) is 4.48. The van der Waals surface area contributed by atoms with E-state index in [-0.39, 0.29) is 11.8 Å². The van der Waals surface area contributed by atoms with E-state index >= 15 is 0 Å². The molecule has 0 radical (unpaired) electrons. The molecule has 0 saturated heterocycles. The van der Waals surface area contributed by atoms with Gasteiger partial charge in [-0.15, -0.1) is 5.10 Å². The molecule has 1 aromatic carbocycles. The average molecular weight is 259 g/mol. The zero-order chi connectivity index (χ0) is 10.6. The van der Waals surface area contributed by atoms with Gasteiger partial charge in [0.1, 0.15) is 5.82 Å². The van der Waals surface area contributed by atoms with Crippen LogP contribution in [0.5, 0.6) is 0 Å².